The molecule has 0 amide bonds. The van der Waals surface area contributed by atoms with Crippen molar-refractivity contribution in [1.29, 1.82) is 0 Å². The second-order valence-electron chi connectivity index (χ2n) is 6.51. The Morgan fingerprint density at radius 2 is 2.04 bits per heavy atom. The molecule has 1 aliphatic rings. The van der Waals surface area contributed by atoms with Gasteiger partial charge < -0.3 is 14.2 Å². The summed E-state index contributed by atoms with van der Waals surface area (Å²) in [6.45, 7) is 4.98. The molecule has 1 atom stereocenters. The number of rotatable bonds is 7. The molecule has 0 N–H and O–H groups in total. The maximum Gasteiger partial charge on any atom is 0.243 e. The van der Waals surface area contributed by atoms with Crippen LogP contribution in [-0.4, -0.2) is 55.6 Å². The maximum absolute atomic E-state index is 13.1. The van der Waals surface area contributed by atoms with Crippen LogP contribution < -0.4 is 14.2 Å². The van der Waals surface area contributed by atoms with Crippen LogP contribution in [0.3, 0.4) is 0 Å². The Kier molecular flexibility index (Phi) is 6.35. The first-order valence-corrected chi connectivity index (χ1v) is 10.6. The lowest BCUT2D eigenvalue weighted by Crippen LogP contribution is -2.44. The van der Waals surface area contributed by atoms with Crippen LogP contribution in [-0.2, 0) is 10.0 Å². The zero-order valence-electron chi connectivity index (χ0n) is 16.3. The van der Waals surface area contributed by atoms with E-state index in [4.69, 9.17) is 14.2 Å². The van der Waals surface area contributed by atoms with Gasteiger partial charge in [0.15, 0.2) is 0 Å². The van der Waals surface area contributed by atoms with Crippen molar-refractivity contribution in [1.82, 2.24) is 14.3 Å². The summed E-state index contributed by atoms with van der Waals surface area (Å²) < 4.78 is 44.0. The number of nitrogens with zero attached hydrogens (tertiary/aromatic N) is 3. The first kappa shape index (κ1) is 20.3. The second kappa shape index (κ2) is 8.74. The summed E-state index contributed by atoms with van der Waals surface area (Å²) in [7, 11) is -2.12. The highest BCUT2D eigenvalue weighted by atomic mass is 32.2. The first-order valence-electron chi connectivity index (χ1n) is 9.20. The van der Waals surface area contributed by atoms with Gasteiger partial charge >= 0.3 is 0 Å². The van der Waals surface area contributed by atoms with Crippen LogP contribution >= 0.6 is 0 Å². The number of sulfonamides is 1. The molecule has 1 aromatic carbocycles. The van der Waals surface area contributed by atoms with E-state index in [1.165, 1.54) is 23.8 Å². The third-order valence-corrected chi connectivity index (χ3v) is 6.37. The normalized spacial score (nSPS) is 17.9. The Balaban J connectivity index is 1.74. The molecule has 2 aromatic rings. The average molecular weight is 407 g/mol. The van der Waals surface area contributed by atoms with Crippen LogP contribution in [0.5, 0.6) is 17.5 Å². The van der Waals surface area contributed by atoms with Gasteiger partial charge in [0, 0.05) is 6.54 Å². The van der Waals surface area contributed by atoms with Gasteiger partial charge in [-0.25, -0.2) is 8.42 Å². The minimum absolute atomic E-state index is 0.257. The van der Waals surface area contributed by atoms with Crippen LogP contribution in [0.4, 0.5) is 0 Å². The van der Waals surface area contributed by atoms with Crippen LogP contribution in [0.2, 0.25) is 0 Å². The monoisotopic (exact) mass is 407 g/mol. The number of piperidine rings is 1. The van der Waals surface area contributed by atoms with E-state index in [-0.39, 0.29) is 17.5 Å². The number of aryl methyl sites for hydroxylation is 1. The Bertz CT molecular complexity index is 920. The standard InChI is InChI=1S/C19H25N3O5S/c1-4-26-17-8-7-16(10-14(17)2)28(23,24)22-9-5-6-15(13-22)27-19-12-20-11-18(21-19)25-3/h7-8,10-12,15H,4-6,9,13H2,1-3H3. The third kappa shape index (κ3) is 4.53. The van der Waals surface area contributed by atoms with E-state index in [2.05, 4.69) is 9.97 Å². The average Bonchev–Trinajstić information content (AvgIpc) is 2.70. The predicted octanol–water partition coefficient (Wildman–Crippen LogP) is 2.42. The zero-order valence-corrected chi connectivity index (χ0v) is 17.1. The highest BCUT2D eigenvalue weighted by Gasteiger charge is 2.31. The lowest BCUT2D eigenvalue weighted by Gasteiger charge is -2.31. The molecule has 1 saturated heterocycles. The van der Waals surface area contributed by atoms with Crippen molar-refractivity contribution in [3.05, 3.63) is 36.2 Å². The summed E-state index contributed by atoms with van der Waals surface area (Å²) in [4.78, 5) is 8.45. The lowest BCUT2D eigenvalue weighted by atomic mass is 10.1. The van der Waals surface area contributed by atoms with Gasteiger partial charge in [0.2, 0.25) is 21.8 Å². The van der Waals surface area contributed by atoms with E-state index in [1.807, 2.05) is 13.8 Å². The van der Waals surface area contributed by atoms with Crippen molar-refractivity contribution in [2.75, 3.05) is 26.8 Å². The molecular formula is C19H25N3O5S. The smallest absolute Gasteiger partial charge is 0.243 e. The van der Waals surface area contributed by atoms with Gasteiger partial charge in [0.05, 0.1) is 37.6 Å². The highest BCUT2D eigenvalue weighted by molar-refractivity contribution is 7.89. The van der Waals surface area contributed by atoms with Gasteiger partial charge in [-0.05, 0) is 50.5 Å². The molecular weight excluding hydrogens is 382 g/mol. The van der Waals surface area contributed by atoms with E-state index in [9.17, 15) is 8.42 Å². The highest BCUT2D eigenvalue weighted by Crippen LogP contribution is 2.27. The van der Waals surface area contributed by atoms with E-state index in [0.717, 1.165) is 12.0 Å². The van der Waals surface area contributed by atoms with E-state index >= 15 is 0 Å². The Morgan fingerprint density at radius 3 is 2.75 bits per heavy atom. The summed E-state index contributed by atoms with van der Waals surface area (Å²) in [5.74, 6) is 1.36. The van der Waals surface area contributed by atoms with Gasteiger partial charge in [-0.15, -0.1) is 0 Å². The van der Waals surface area contributed by atoms with Crippen molar-refractivity contribution in [2.24, 2.45) is 0 Å². The molecule has 0 bridgehead atoms. The molecule has 2 heterocycles. The quantitative estimate of drug-likeness (QED) is 0.696. The number of aromatic nitrogens is 2. The van der Waals surface area contributed by atoms with E-state index in [1.54, 1.807) is 18.2 Å². The maximum atomic E-state index is 13.1. The molecule has 3 rings (SSSR count). The number of benzene rings is 1. The van der Waals surface area contributed by atoms with Gasteiger partial charge in [-0.1, -0.05) is 0 Å². The second-order valence-corrected chi connectivity index (χ2v) is 8.44. The number of methoxy groups -OCH3 is 1. The number of hydrogen-bond acceptors (Lipinski definition) is 7. The van der Waals surface area contributed by atoms with Gasteiger partial charge in [0.25, 0.3) is 0 Å². The molecule has 28 heavy (non-hydrogen) atoms. The van der Waals surface area contributed by atoms with Crippen molar-refractivity contribution < 1.29 is 22.6 Å². The predicted molar refractivity (Wildman–Crippen MR) is 103 cm³/mol. The molecule has 1 aliphatic heterocycles. The fraction of sp³-hybridized carbons (Fsp3) is 0.474. The Morgan fingerprint density at radius 1 is 1.25 bits per heavy atom. The molecule has 9 heteroatoms. The fourth-order valence-corrected chi connectivity index (χ4v) is 4.72. The molecule has 0 radical (unpaired) electrons. The van der Waals surface area contributed by atoms with Crippen LogP contribution in [0.15, 0.2) is 35.5 Å². The SMILES string of the molecule is CCOc1ccc(S(=O)(=O)N2CCCC(Oc3cncc(OC)n3)C2)cc1C. The number of ether oxygens (including phenoxy) is 3. The van der Waals surface area contributed by atoms with Gasteiger partial charge in [-0.2, -0.15) is 9.29 Å². The molecule has 0 aliphatic carbocycles. The van der Waals surface area contributed by atoms with Crippen LogP contribution in [0.1, 0.15) is 25.3 Å². The summed E-state index contributed by atoms with van der Waals surface area (Å²) in [6.07, 6.45) is 4.13. The minimum atomic E-state index is -3.62. The minimum Gasteiger partial charge on any atom is -0.494 e. The van der Waals surface area contributed by atoms with E-state index < -0.39 is 10.0 Å². The van der Waals surface area contributed by atoms with Crippen LogP contribution in [0.25, 0.3) is 0 Å². The van der Waals surface area contributed by atoms with Crippen LogP contribution in [0, 0.1) is 6.92 Å². The molecule has 0 saturated carbocycles. The Hall–Kier alpha value is -2.39. The van der Waals surface area contributed by atoms with Gasteiger partial charge in [-0.3, -0.25) is 4.98 Å². The van der Waals surface area contributed by atoms with Crippen molar-refractivity contribution in [3.63, 3.8) is 0 Å². The summed E-state index contributed by atoms with van der Waals surface area (Å²) in [5.41, 5.74) is 0.791. The summed E-state index contributed by atoms with van der Waals surface area (Å²) in [5, 5.41) is 0. The summed E-state index contributed by atoms with van der Waals surface area (Å²) >= 11 is 0. The third-order valence-electron chi connectivity index (χ3n) is 4.51. The van der Waals surface area contributed by atoms with Crippen molar-refractivity contribution in [3.8, 4) is 17.5 Å². The molecule has 8 nitrogen and oxygen atoms in total. The first-order chi connectivity index (χ1) is 13.4. The van der Waals surface area contributed by atoms with E-state index in [0.29, 0.717) is 37.1 Å². The lowest BCUT2D eigenvalue weighted by molar-refractivity contribution is 0.123. The molecule has 0 spiro atoms. The molecule has 1 unspecified atom stereocenters. The molecule has 1 aromatic heterocycles. The van der Waals surface area contributed by atoms with Crippen molar-refractivity contribution >= 4 is 10.0 Å². The summed E-state index contributed by atoms with van der Waals surface area (Å²) in [6, 6.07) is 4.94. The van der Waals surface area contributed by atoms with Crippen molar-refractivity contribution in [2.45, 2.75) is 37.7 Å². The number of hydrogen-bond donors (Lipinski definition) is 0. The largest absolute Gasteiger partial charge is 0.494 e. The molecule has 1 fully saturated rings. The Labute approximate surface area is 165 Å². The van der Waals surface area contributed by atoms with Gasteiger partial charge in [0.1, 0.15) is 11.9 Å². The zero-order chi connectivity index (χ0) is 20.1. The fourth-order valence-electron chi connectivity index (χ4n) is 3.13. The topological polar surface area (TPSA) is 90.9 Å². The molecule has 152 valence electrons.